The molecule has 32 heavy (non-hydrogen) atoms. The molecule has 0 saturated carbocycles. The molecule has 0 spiro atoms. The Morgan fingerprint density at radius 3 is 2.56 bits per heavy atom. The van der Waals surface area contributed by atoms with Crippen LogP contribution in [0.2, 0.25) is 0 Å². The second kappa shape index (κ2) is 8.35. The van der Waals surface area contributed by atoms with Gasteiger partial charge in [0.25, 0.3) is 5.56 Å². The fraction of sp³-hybridized carbons (Fsp3) is 0.174. The quantitative estimate of drug-likeness (QED) is 0.282. The molecule has 0 aliphatic carbocycles. The molecule has 0 fully saturated rings. The highest BCUT2D eigenvalue weighted by Crippen LogP contribution is 2.20. The summed E-state index contributed by atoms with van der Waals surface area (Å²) < 4.78 is 6.45. The van der Waals surface area contributed by atoms with E-state index in [-0.39, 0.29) is 28.7 Å². The number of nitriles is 1. The monoisotopic (exact) mass is 429 g/mol. The van der Waals surface area contributed by atoms with Crippen LogP contribution in [0.25, 0.3) is 27.4 Å². The maximum atomic E-state index is 12.8. The van der Waals surface area contributed by atoms with Gasteiger partial charge in [0, 0.05) is 5.39 Å². The van der Waals surface area contributed by atoms with Crippen LogP contribution in [0, 0.1) is 11.3 Å². The number of esters is 1. The minimum atomic E-state index is -0.830. The number of aromatic amines is 1. The Balaban J connectivity index is 1.66. The van der Waals surface area contributed by atoms with Gasteiger partial charge in [0.05, 0.1) is 22.5 Å². The first-order chi connectivity index (χ1) is 15.4. The molecule has 160 valence electrons. The number of carbonyl (C=O) groups excluding carboxylic acids is 1. The van der Waals surface area contributed by atoms with Crippen molar-refractivity contribution in [2.45, 2.75) is 19.9 Å². The minimum absolute atomic E-state index is 0.0519. The van der Waals surface area contributed by atoms with E-state index in [0.29, 0.717) is 21.8 Å². The van der Waals surface area contributed by atoms with E-state index in [4.69, 9.17) is 4.74 Å². The zero-order valence-corrected chi connectivity index (χ0v) is 17.4. The van der Waals surface area contributed by atoms with Crippen LogP contribution < -0.4 is 5.56 Å². The summed E-state index contributed by atoms with van der Waals surface area (Å²) >= 11 is 0. The number of para-hydroxylation sites is 2. The molecule has 2 aromatic heterocycles. The lowest BCUT2D eigenvalue weighted by Crippen LogP contribution is -2.28. The minimum Gasteiger partial charge on any atom is -0.507 e. The van der Waals surface area contributed by atoms with Gasteiger partial charge in [-0.25, -0.2) is 14.5 Å². The van der Waals surface area contributed by atoms with Crippen molar-refractivity contribution in [3.05, 3.63) is 76.2 Å². The Morgan fingerprint density at radius 1 is 1.19 bits per heavy atom. The molecular formula is C23H19N5O4. The topological polar surface area (TPSA) is 134 Å². The van der Waals surface area contributed by atoms with Crippen LogP contribution in [0.4, 0.5) is 0 Å². The number of nitrogens with zero attached hydrogens (tertiary/aromatic N) is 4. The van der Waals surface area contributed by atoms with Gasteiger partial charge in [-0.2, -0.15) is 10.4 Å². The van der Waals surface area contributed by atoms with E-state index in [1.165, 1.54) is 4.68 Å². The molecule has 2 aromatic carbocycles. The van der Waals surface area contributed by atoms with Crippen molar-refractivity contribution >= 4 is 33.3 Å². The van der Waals surface area contributed by atoms with Gasteiger partial charge >= 0.3 is 5.97 Å². The molecule has 0 aliphatic rings. The summed E-state index contributed by atoms with van der Waals surface area (Å²) in [6.45, 7) is 2.99. The third-order valence-electron chi connectivity index (χ3n) is 4.88. The summed E-state index contributed by atoms with van der Waals surface area (Å²) in [6, 6.07) is 15.4. The van der Waals surface area contributed by atoms with Crippen molar-refractivity contribution in [2.75, 3.05) is 6.61 Å². The first kappa shape index (κ1) is 20.8. The van der Waals surface area contributed by atoms with Gasteiger partial charge in [0.15, 0.2) is 17.3 Å². The maximum Gasteiger partial charge on any atom is 0.359 e. The highest BCUT2D eigenvalue weighted by molar-refractivity contribution is 6.02. The number of benzene rings is 2. The maximum absolute atomic E-state index is 12.8. The van der Waals surface area contributed by atoms with Crippen molar-refractivity contribution in [1.82, 2.24) is 19.7 Å². The summed E-state index contributed by atoms with van der Waals surface area (Å²) in [5.74, 6) is -1.12. The number of ether oxygens (including phenoxy) is 1. The zero-order valence-electron chi connectivity index (χ0n) is 17.4. The second-order valence-corrected chi connectivity index (χ2v) is 7.35. The van der Waals surface area contributed by atoms with E-state index in [1.54, 1.807) is 56.3 Å². The van der Waals surface area contributed by atoms with Gasteiger partial charge < -0.3 is 14.8 Å². The van der Waals surface area contributed by atoms with Crippen molar-refractivity contribution < 1.29 is 14.6 Å². The lowest BCUT2D eigenvalue weighted by molar-refractivity contribution is 0.0495. The largest absolute Gasteiger partial charge is 0.507 e. The average Bonchev–Trinajstić information content (AvgIpc) is 3.22. The number of aliphatic hydroxyl groups excluding tert-OH is 1. The highest BCUT2D eigenvalue weighted by Gasteiger charge is 2.21. The number of allylic oxidation sites excluding steroid dienone is 1. The molecule has 0 atom stereocenters. The number of aliphatic hydroxyl groups is 1. The van der Waals surface area contributed by atoms with E-state index < -0.39 is 18.3 Å². The van der Waals surface area contributed by atoms with E-state index >= 15 is 0 Å². The van der Waals surface area contributed by atoms with Crippen molar-refractivity contribution in [3.8, 4) is 6.07 Å². The Kier molecular flexibility index (Phi) is 5.43. The molecule has 0 saturated heterocycles. The van der Waals surface area contributed by atoms with Crippen LogP contribution in [0.15, 0.2) is 59.1 Å². The van der Waals surface area contributed by atoms with E-state index in [1.807, 2.05) is 12.1 Å². The molecule has 4 rings (SSSR count). The summed E-state index contributed by atoms with van der Waals surface area (Å²) in [5.41, 5.74) is 0.827. The number of hydrogen-bond acceptors (Lipinski definition) is 7. The number of aromatic nitrogens is 4. The van der Waals surface area contributed by atoms with Crippen LogP contribution in [-0.2, 0) is 4.74 Å². The molecule has 0 amide bonds. The van der Waals surface area contributed by atoms with Crippen LogP contribution in [-0.4, -0.2) is 37.4 Å². The van der Waals surface area contributed by atoms with Crippen molar-refractivity contribution in [2.24, 2.45) is 0 Å². The molecule has 0 bridgehead atoms. The first-order valence-electron chi connectivity index (χ1n) is 9.86. The van der Waals surface area contributed by atoms with Crippen LogP contribution >= 0.6 is 0 Å². The third kappa shape index (κ3) is 3.70. The normalized spacial score (nSPS) is 12.1. The van der Waals surface area contributed by atoms with Crippen LogP contribution in [0.5, 0.6) is 0 Å². The Hall–Kier alpha value is -4.45. The van der Waals surface area contributed by atoms with Gasteiger partial charge in [-0.15, -0.1) is 0 Å². The standard InChI is InChI=1S/C23H19N5O4/c1-13(2)28-22(30)15-8-4-3-7-14(15)20(27-28)23(31)32-12-19(29)16(11-24)21-25-17-9-5-6-10-18(17)26-21/h3-10,13,29H,12H2,1-2H3,(H,25,26)/b19-16-. The number of rotatable bonds is 5. The molecule has 0 radical (unpaired) electrons. The first-order valence-corrected chi connectivity index (χ1v) is 9.86. The lowest BCUT2D eigenvalue weighted by Gasteiger charge is -2.13. The summed E-state index contributed by atoms with van der Waals surface area (Å²) in [5, 5.41) is 24.8. The number of carbonyl (C=O) groups is 1. The summed E-state index contributed by atoms with van der Waals surface area (Å²) in [4.78, 5) is 32.7. The summed E-state index contributed by atoms with van der Waals surface area (Å²) in [7, 11) is 0. The Bertz CT molecular complexity index is 1440. The summed E-state index contributed by atoms with van der Waals surface area (Å²) in [6.07, 6.45) is 0. The van der Waals surface area contributed by atoms with Gasteiger partial charge in [0.2, 0.25) is 0 Å². The predicted octanol–water partition coefficient (Wildman–Crippen LogP) is 3.50. The van der Waals surface area contributed by atoms with Gasteiger partial charge in [-0.05, 0) is 32.0 Å². The molecule has 0 unspecified atom stereocenters. The molecule has 0 aliphatic heterocycles. The van der Waals surface area contributed by atoms with Gasteiger partial charge in [-0.1, -0.05) is 30.3 Å². The highest BCUT2D eigenvalue weighted by atomic mass is 16.5. The Labute approximate surface area is 182 Å². The fourth-order valence-electron chi connectivity index (χ4n) is 3.31. The number of fused-ring (bicyclic) bond motifs is 2. The van der Waals surface area contributed by atoms with Crippen molar-refractivity contribution in [3.63, 3.8) is 0 Å². The molecular weight excluding hydrogens is 410 g/mol. The molecule has 9 heteroatoms. The lowest BCUT2D eigenvalue weighted by atomic mass is 10.1. The van der Waals surface area contributed by atoms with Gasteiger partial charge in [0.1, 0.15) is 18.2 Å². The van der Waals surface area contributed by atoms with E-state index in [0.717, 1.165) is 0 Å². The third-order valence-corrected chi connectivity index (χ3v) is 4.88. The Morgan fingerprint density at radius 2 is 1.88 bits per heavy atom. The predicted molar refractivity (Wildman–Crippen MR) is 118 cm³/mol. The van der Waals surface area contributed by atoms with Gasteiger partial charge in [-0.3, -0.25) is 4.79 Å². The van der Waals surface area contributed by atoms with Crippen molar-refractivity contribution in [1.29, 1.82) is 5.26 Å². The van der Waals surface area contributed by atoms with E-state index in [9.17, 15) is 20.0 Å². The second-order valence-electron chi connectivity index (χ2n) is 7.35. The SMILES string of the molecule is CC(C)n1nc(C(=O)OC/C(O)=C(\C#N)c2nc3ccccc3[nH]2)c2ccccc2c1=O. The fourth-order valence-corrected chi connectivity index (χ4v) is 3.31. The molecule has 2 N–H and O–H groups in total. The number of nitrogens with one attached hydrogen (secondary N) is 1. The van der Waals surface area contributed by atoms with Crippen LogP contribution in [0.1, 0.15) is 36.2 Å². The number of hydrogen-bond donors (Lipinski definition) is 2. The molecule has 9 nitrogen and oxygen atoms in total. The van der Waals surface area contributed by atoms with Crippen LogP contribution in [0.3, 0.4) is 0 Å². The molecule has 2 heterocycles. The number of imidazole rings is 1. The average molecular weight is 429 g/mol. The number of H-pyrrole nitrogens is 1. The molecule has 4 aromatic rings. The smallest absolute Gasteiger partial charge is 0.359 e. The van der Waals surface area contributed by atoms with E-state index in [2.05, 4.69) is 15.1 Å². The zero-order chi connectivity index (χ0) is 22.8.